The first-order valence-corrected chi connectivity index (χ1v) is 18.3. The topological polar surface area (TPSA) is 149 Å². The highest BCUT2D eigenvalue weighted by atomic mass is 79.9. The summed E-state index contributed by atoms with van der Waals surface area (Å²) >= 11 is 3.16. The normalized spacial score (nSPS) is 14.3. The number of phenols is 1. The van der Waals surface area contributed by atoms with Crippen LogP contribution in [0, 0.1) is 6.92 Å². The summed E-state index contributed by atoms with van der Waals surface area (Å²) in [6.45, 7) is -2.04. The summed E-state index contributed by atoms with van der Waals surface area (Å²) in [4.78, 5) is 20.4. The number of phenolic OH excluding ortho intramolecular Hbond substituents is 1. The number of hydrogen-bond acceptors (Lipinski definition) is 9. The number of fused-ring (bicyclic) bond motifs is 3. The minimum atomic E-state index is -4.82. The number of methoxy groups -OCH3 is 2. The number of aromatic nitrogens is 2. The van der Waals surface area contributed by atoms with E-state index in [4.69, 9.17) is 18.9 Å². The van der Waals surface area contributed by atoms with Crippen LogP contribution < -0.4 is 23.7 Å². The van der Waals surface area contributed by atoms with Gasteiger partial charge in [-0.2, -0.15) is 26.3 Å². The SMILES string of the molecule is COc1cccc(OC)c1C1(C(=O)NS(=O)(=O)Cc2ccc(-c3[nH]c(OCC(F)(F)F)c4c3c(O)c(OCC(F)(F)F)c3cc(Br)cnc34)c(C)c2)CC1. The number of carbonyl (C=O) groups excluding carboxylic acids is 1. The summed E-state index contributed by atoms with van der Waals surface area (Å²) in [7, 11) is -1.47. The van der Waals surface area contributed by atoms with Crippen molar-refractivity contribution in [3.63, 3.8) is 0 Å². The van der Waals surface area contributed by atoms with Crippen LogP contribution in [-0.2, 0) is 26.0 Å². The Morgan fingerprint density at radius 3 is 2.19 bits per heavy atom. The van der Waals surface area contributed by atoms with Crippen LogP contribution >= 0.6 is 15.9 Å². The Hall–Kier alpha value is -4.91. The lowest BCUT2D eigenvalue weighted by molar-refractivity contribution is -0.154. The number of H-pyrrole nitrogens is 1. The lowest BCUT2D eigenvalue weighted by atomic mass is 9.93. The fourth-order valence-electron chi connectivity index (χ4n) is 6.39. The number of carbonyl (C=O) groups is 1. The first kappa shape index (κ1) is 38.8. The lowest BCUT2D eigenvalue weighted by Crippen LogP contribution is -2.39. The molecule has 1 amide bonds. The van der Waals surface area contributed by atoms with Crippen molar-refractivity contribution in [2.24, 2.45) is 0 Å². The number of aromatic amines is 1. The molecule has 1 aliphatic carbocycles. The zero-order valence-electron chi connectivity index (χ0n) is 28.5. The van der Waals surface area contributed by atoms with E-state index < -0.39 is 70.0 Å². The molecule has 1 fully saturated rings. The maximum absolute atomic E-state index is 13.5. The fraction of sp³-hybridized carbons (Fsp3) is 0.314. The zero-order valence-corrected chi connectivity index (χ0v) is 30.9. The van der Waals surface area contributed by atoms with E-state index in [2.05, 4.69) is 30.6 Å². The molecule has 0 radical (unpaired) electrons. The summed E-state index contributed by atoms with van der Waals surface area (Å²) in [5.41, 5.74) is -0.256. The molecule has 1 saturated carbocycles. The van der Waals surface area contributed by atoms with Gasteiger partial charge in [-0.05, 0) is 65.0 Å². The van der Waals surface area contributed by atoms with Gasteiger partial charge in [-0.1, -0.05) is 24.3 Å². The Balaban J connectivity index is 1.38. The molecule has 0 saturated heterocycles. The number of sulfonamides is 1. The van der Waals surface area contributed by atoms with Crippen LogP contribution in [0.15, 0.2) is 53.1 Å². The average Bonchev–Trinajstić information content (AvgIpc) is 3.80. The predicted molar refractivity (Wildman–Crippen MR) is 187 cm³/mol. The third kappa shape index (κ3) is 7.69. The van der Waals surface area contributed by atoms with E-state index in [-0.39, 0.29) is 43.0 Å². The van der Waals surface area contributed by atoms with Gasteiger partial charge in [0.15, 0.2) is 24.7 Å². The van der Waals surface area contributed by atoms with Crippen LogP contribution in [0.5, 0.6) is 28.9 Å². The molecule has 19 heteroatoms. The highest BCUT2D eigenvalue weighted by Gasteiger charge is 2.55. The van der Waals surface area contributed by atoms with Crippen molar-refractivity contribution in [1.29, 1.82) is 0 Å². The molecule has 0 atom stereocenters. The van der Waals surface area contributed by atoms with Gasteiger partial charge in [-0.3, -0.25) is 14.5 Å². The summed E-state index contributed by atoms with van der Waals surface area (Å²) in [5, 5.41) is 10.9. The van der Waals surface area contributed by atoms with Gasteiger partial charge < -0.3 is 29.0 Å². The Labute approximate surface area is 311 Å². The van der Waals surface area contributed by atoms with Crippen LogP contribution in [0.1, 0.15) is 29.5 Å². The van der Waals surface area contributed by atoms with Gasteiger partial charge in [-0.25, -0.2) is 8.42 Å². The van der Waals surface area contributed by atoms with Crippen molar-refractivity contribution < 1.29 is 63.6 Å². The van der Waals surface area contributed by atoms with Crippen molar-refractivity contribution in [2.75, 3.05) is 27.4 Å². The minimum Gasteiger partial charge on any atom is -0.504 e. The molecule has 6 rings (SSSR count). The van der Waals surface area contributed by atoms with E-state index in [1.165, 1.54) is 51.6 Å². The average molecular weight is 847 g/mol. The Bertz CT molecular complexity index is 2370. The number of halogens is 7. The van der Waals surface area contributed by atoms with E-state index in [0.29, 0.717) is 35.5 Å². The fourth-order valence-corrected chi connectivity index (χ4v) is 7.89. The molecule has 1 aliphatic rings. The first-order valence-electron chi connectivity index (χ1n) is 15.9. The maximum atomic E-state index is 13.5. The second kappa shape index (κ2) is 14.1. The van der Waals surface area contributed by atoms with E-state index in [1.807, 2.05) is 0 Å². The Morgan fingerprint density at radius 1 is 0.981 bits per heavy atom. The molecule has 2 heterocycles. The number of hydrogen-bond donors (Lipinski definition) is 3. The van der Waals surface area contributed by atoms with Gasteiger partial charge in [0.2, 0.25) is 21.8 Å². The van der Waals surface area contributed by atoms with Crippen molar-refractivity contribution >= 4 is 53.5 Å². The second-order valence-corrected chi connectivity index (χ2v) is 15.2. The van der Waals surface area contributed by atoms with Crippen molar-refractivity contribution in [3.8, 4) is 40.1 Å². The smallest absolute Gasteiger partial charge is 0.422 e. The molecule has 2 aromatic heterocycles. The van der Waals surface area contributed by atoms with Gasteiger partial charge >= 0.3 is 12.4 Å². The van der Waals surface area contributed by atoms with E-state index in [0.717, 1.165) is 0 Å². The molecule has 54 heavy (non-hydrogen) atoms. The maximum Gasteiger partial charge on any atom is 0.422 e. The molecule has 0 aliphatic heterocycles. The molecule has 0 bridgehead atoms. The number of aromatic hydroxyl groups is 1. The summed E-state index contributed by atoms with van der Waals surface area (Å²) < 4.78 is 130. The van der Waals surface area contributed by atoms with Gasteiger partial charge in [0.25, 0.3) is 0 Å². The van der Waals surface area contributed by atoms with Gasteiger partial charge in [0.05, 0.1) is 52.9 Å². The Kier molecular flexibility index (Phi) is 10.1. The number of ether oxygens (including phenoxy) is 4. The van der Waals surface area contributed by atoms with Crippen LogP contribution in [0.2, 0.25) is 0 Å². The highest BCUT2D eigenvalue weighted by Crippen LogP contribution is 2.55. The van der Waals surface area contributed by atoms with Crippen LogP contribution in [-0.4, -0.2) is 69.2 Å². The van der Waals surface area contributed by atoms with Crippen LogP contribution in [0.4, 0.5) is 26.3 Å². The molecular weight excluding hydrogens is 816 g/mol. The number of alkyl halides is 6. The third-order valence-electron chi connectivity index (χ3n) is 8.77. The first-order chi connectivity index (χ1) is 25.3. The quantitative estimate of drug-likeness (QED) is 0.107. The number of pyridine rings is 1. The minimum absolute atomic E-state index is 0.0789. The van der Waals surface area contributed by atoms with Crippen LogP contribution in [0.3, 0.4) is 0 Å². The van der Waals surface area contributed by atoms with Crippen molar-refractivity contribution in [1.82, 2.24) is 14.7 Å². The van der Waals surface area contributed by atoms with E-state index in [9.17, 15) is 44.7 Å². The third-order valence-corrected chi connectivity index (χ3v) is 10.4. The van der Waals surface area contributed by atoms with Gasteiger partial charge in [-0.15, -0.1) is 0 Å². The van der Waals surface area contributed by atoms with E-state index >= 15 is 0 Å². The number of benzene rings is 3. The Morgan fingerprint density at radius 2 is 1.61 bits per heavy atom. The molecule has 288 valence electrons. The lowest BCUT2D eigenvalue weighted by Gasteiger charge is -2.21. The molecular formula is C35H30BrF6N3O8S. The molecule has 11 nitrogen and oxygen atoms in total. The summed E-state index contributed by atoms with van der Waals surface area (Å²) in [6, 6.07) is 10.4. The molecule has 0 unspecified atom stereocenters. The number of nitrogens with one attached hydrogen (secondary N) is 2. The van der Waals surface area contributed by atoms with Crippen molar-refractivity contribution in [3.05, 3.63) is 69.8 Å². The zero-order chi connectivity index (χ0) is 39.4. The monoisotopic (exact) mass is 845 g/mol. The number of nitrogens with zero attached hydrogens (tertiary/aromatic N) is 1. The summed E-state index contributed by atoms with van der Waals surface area (Å²) in [6.07, 6.45) is -7.67. The van der Waals surface area contributed by atoms with Crippen molar-refractivity contribution in [2.45, 2.75) is 43.3 Å². The molecule has 0 spiro atoms. The van der Waals surface area contributed by atoms with E-state index in [1.54, 1.807) is 18.2 Å². The van der Waals surface area contributed by atoms with Crippen LogP contribution in [0.25, 0.3) is 32.9 Å². The van der Waals surface area contributed by atoms with Gasteiger partial charge in [0, 0.05) is 21.6 Å². The molecule has 3 aromatic carbocycles. The standard InChI is InChI=1S/C35H30BrF6N3O8S/c1-17-11-18(14-54(48,49)45-32(47)33(9-10-33)26-22(50-2)5-4-6-23(26)51-3)7-8-20(17)28-24-25(31(44-28)53-16-35(40,41)42)27-21(12-19(36)13-43-27)30(29(24)46)52-15-34(37,38)39/h4-8,11-13,44,46H,9-10,14-16H2,1-3H3,(H,45,47). The molecule has 5 aromatic rings. The molecule has 3 N–H and O–H groups in total. The predicted octanol–water partition coefficient (Wildman–Crippen LogP) is 7.74. The van der Waals surface area contributed by atoms with Gasteiger partial charge in [0.1, 0.15) is 11.5 Å². The summed E-state index contributed by atoms with van der Waals surface area (Å²) in [5.74, 6) is -2.69. The highest BCUT2D eigenvalue weighted by molar-refractivity contribution is 9.10. The second-order valence-electron chi connectivity index (χ2n) is 12.6. The number of amides is 1. The largest absolute Gasteiger partial charge is 0.504 e. The number of rotatable bonds is 12. The number of aryl methyl sites for hydroxylation is 1.